The van der Waals surface area contributed by atoms with Crippen molar-refractivity contribution in [2.24, 2.45) is 34.0 Å². The second-order valence-electron chi connectivity index (χ2n) is 9.38. The van der Waals surface area contributed by atoms with Crippen LogP contribution in [-0.2, 0) is 4.79 Å². The van der Waals surface area contributed by atoms with E-state index in [1.807, 2.05) is 0 Å². The van der Waals surface area contributed by atoms with Gasteiger partial charge in [0.1, 0.15) is 0 Å². The molecule has 122 valence electrons. The summed E-state index contributed by atoms with van der Waals surface area (Å²) in [5.41, 5.74) is 2.86. The lowest BCUT2D eigenvalue weighted by atomic mass is 9.45. The molecule has 4 aliphatic rings. The molecule has 3 fully saturated rings. The van der Waals surface area contributed by atoms with Crippen LogP contribution in [0.1, 0.15) is 66.2 Å². The zero-order chi connectivity index (χ0) is 15.9. The molecule has 3 saturated carbocycles. The van der Waals surface area contributed by atoms with Gasteiger partial charge in [0.25, 0.3) is 0 Å². The van der Waals surface area contributed by atoms with Crippen LogP contribution in [0.3, 0.4) is 0 Å². The largest absolute Gasteiger partial charge is 0.392 e. The van der Waals surface area contributed by atoms with Gasteiger partial charge in [-0.15, -0.1) is 0 Å². The molecule has 4 aliphatic carbocycles. The molecule has 4 rings (SSSR count). The van der Waals surface area contributed by atoms with Gasteiger partial charge in [-0.2, -0.15) is 0 Å². The molecule has 1 spiro atoms. The molecule has 1 N–H and O–H groups in total. The predicted molar refractivity (Wildman–Crippen MR) is 87.3 cm³/mol. The summed E-state index contributed by atoms with van der Waals surface area (Å²) in [4.78, 5) is 12.3. The van der Waals surface area contributed by atoms with Crippen molar-refractivity contribution >= 4 is 5.78 Å². The number of allylic oxidation sites excluding steroid dienone is 1. The van der Waals surface area contributed by atoms with Crippen LogP contribution >= 0.6 is 0 Å². The van der Waals surface area contributed by atoms with Gasteiger partial charge in [-0.3, -0.25) is 4.79 Å². The summed E-state index contributed by atoms with van der Waals surface area (Å²) in [6.07, 6.45) is 6.83. The lowest BCUT2D eigenvalue weighted by Crippen LogP contribution is -2.54. The van der Waals surface area contributed by atoms with Gasteiger partial charge in [0.05, 0.1) is 6.61 Å². The summed E-state index contributed by atoms with van der Waals surface area (Å²) in [6.45, 7) is 9.88. The smallest absolute Gasteiger partial charge is 0.160 e. The van der Waals surface area contributed by atoms with E-state index >= 15 is 0 Å². The topological polar surface area (TPSA) is 37.3 Å². The number of carbonyl (C=O) groups is 1. The van der Waals surface area contributed by atoms with Crippen LogP contribution in [0.4, 0.5) is 0 Å². The Morgan fingerprint density at radius 1 is 1.23 bits per heavy atom. The highest BCUT2D eigenvalue weighted by molar-refractivity contribution is 6.05. The van der Waals surface area contributed by atoms with Gasteiger partial charge in [-0.1, -0.05) is 27.7 Å². The number of carbonyl (C=O) groups excluding carboxylic acids is 1. The molecule has 0 aromatic carbocycles. The van der Waals surface area contributed by atoms with Crippen LogP contribution in [-0.4, -0.2) is 17.5 Å². The van der Waals surface area contributed by atoms with Gasteiger partial charge in [0.2, 0.25) is 0 Å². The second kappa shape index (κ2) is 4.26. The first-order valence-electron chi connectivity index (χ1n) is 9.15. The first kappa shape index (κ1) is 14.9. The summed E-state index contributed by atoms with van der Waals surface area (Å²) >= 11 is 0. The molecule has 0 amide bonds. The third-order valence-corrected chi connectivity index (χ3v) is 8.72. The van der Waals surface area contributed by atoms with Crippen LogP contribution in [0.5, 0.6) is 0 Å². The average molecular weight is 302 g/mol. The Morgan fingerprint density at radius 2 is 1.95 bits per heavy atom. The molecule has 0 unspecified atom stereocenters. The van der Waals surface area contributed by atoms with E-state index in [1.165, 1.54) is 25.7 Å². The van der Waals surface area contributed by atoms with Crippen LogP contribution in [0.15, 0.2) is 11.1 Å². The minimum atomic E-state index is 0.0380. The van der Waals surface area contributed by atoms with Crippen LogP contribution in [0, 0.1) is 34.0 Å². The summed E-state index contributed by atoms with van der Waals surface area (Å²) < 4.78 is 0. The summed E-state index contributed by atoms with van der Waals surface area (Å²) in [5.74, 6) is 2.50. The highest BCUT2D eigenvalue weighted by atomic mass is 16.3. The van der Waals surface area contributed by atoms with Crippen molar-refractivity contribution < 1.29 is 9.90 Å². The number of Topliss-reactive ketones (excluding diaryl/α,β-unsaturated/α-hetero) is 1. The van der Waals surface area contributed by atoms with Gasteiger partial charge in [-0.05, 0) is 66.3 Å². The molecule has 0 aromatic rings. The molecule has 5 atom stereocenters. The predicted octanol–water partition coefficient (Wildman–Crippen LogP) is 4.13. The SMILES string of the molecule is C[C@@H]1CC[C@H]2C[C@@H]3[C@]1(CCC(CO)=C1C(=O)C[C@]13C)C2(C)C. The minimum Gasteiger partial charge on any atom is -0.392 e. The van der Waals surface area contributed by atoms with Crippen LogP contribution in [0.25, 0.3) is 0 Å². The fourth-order valence-electron chi connectivity index (χ4n) is 7.62. The lowest BCUT2D eigenvalue weighted by Gasteiger charge is -2.58. The molecule has 0 aliphatic heterocycles. The van der Waals surface area contributed by atoms with Gasteiger partial charge in [0.15, 0.2) is 5.78 Å². The summed E-state index contributed by atoms with van der Waals surface area (Å²) in [7, 11) is 0. The van der Waals surface area contributed by atoms with Crippen molar-refractivity contribution in [1.82, 2.24) is 0 Å². The fraction of sp³-hybridized carbons (Fsp3) is 0.850. The van der Waals surface area contributed by atoms with Gasteiger partial charge >= 0.3 is 0 Å². The van der Waals surface area contributed by atoms with Gasteiger partial charge in [0, 0.05) is 17.4 Å². The monoisotopic (exact) mass is 302 g/mol. The highest BCUT2D eigenvalue weighted by Gasteiger charge is 2.70. The van der Waals surface area contributed by atoms with E-state index in [0.29, 0.717) is 29.0 Å². The Balaban J connectivity index is 1.90. The number of hydrogen-bond donors (Lipinski definition) is 1. The van der Waals surface area contributed by atoms with Gasteiger partial charge in [-0.25, -0.2) is 0 Å². The van der Waals surface area contributed by atoms with E-state index in [9.17, 15) is 9.90 Å². The number of rotatable bonds is 1. The third-order valence-electron chi connectivity index (χ3n) is 8.72. The summed E-state index contributed by atoms with van der Waals surface area (Å²) in [6, 6.07) is 0. The van der Waals surface area contributed by atoms with Crippen molar-refractivity contribution in [2.75, 3.05) is 6.61 Å². The number of aliphatic hydroxyl groups is 1. The zero-order valence-electron chi connectivity index (χ0n) is 14.5. The lowest BCUT2D eigenvalue weighted by molar-refractivity contribution is -0.132. The van der Waals surface area contributed by atoms with Gasteiger partial charge < -0.3 is 5.11 Å². The molecule has 0 aromatic heterocycles. The van der Waals surface area contributed by atoms with E-state index in [4.69, 9.17) is 0 Å². The molecule has 2 heteroatoms. The van der Waals surface area contributed by atoms with E-state index in [-0.39, 0.29) is 12.0 Å². The fourth-order valence-corrected chi connectivity index (χ4v) is 7.62. The van der Waals surface area contributed by atoms with Crippen molar-refractivity contribution in [3.05, 3.63) is 11.1 Å². The van der Waals surface area contributed by atoms with E-state index in [2.05, 4.69) is 27.7 Å². The quantitative estimate of drug-likeness (QED) is 0.791. The van der Waals surface area contributed by atoms with Crippen molar-refractivity contribution in [3.8, 4) is 0 Å². The Hall–Kier alpha value is -0.630. The molecule has 2 bridgehead atoms. The normalized spacial score (nSPS) is 49.3. The second-order valence-corrected chi connectivity index (χ2v) is 9.38. The Bertz CT molecular complexity index is 572. The molecule has 2 nitrogen and oxygen atoms in total. The Labute approximate surface area is 134 Å². The Morgan fingerprint density at radius 3 is 2.59 bits per heavy atom. The van der Waals surface area contributed by atoms with Crippen LogP contribution in [0.2, 0.25) is 0 Å². The minimum absolute atomic E-state index is 0.0380. The number of fused-ring (bicyclic) bond motifs is 3. The van der Waals surface area contributed by atoms with Crippen molar-refractivity contribution in [3.63, 3.8) is 0 Å². The third kappa shape index (κ3) is 1.40. The molecular weight excluding hydrogens is 272 g/mol. The Kier molecular flexibility index (Phi) is 2.89. The number of aliphatic hydroxyl groups excluding tert-OH is 1. The maximum Gasteiger partial charge on any atom is 0.160 e. The van der Waals surface area contributed by atoms with E-state index in [1.54, 1.807) is 0 Å². The molecular formula is C20H30O2. The van der Waals surface area contributed by atoms with Crippen molar-refractivity contribution in [2.45, 2.75) is 66.2 Å². The molecule has 0 heterocycles. The standard InChI is InChI=1S/C20H30O2/c1-12-5-6-14-9-16-19(4)10-15(22)17(19)13(11-21)7-8-20(12,16)18(14,2)3/h12,14,16,21H,5-11H2,1-4H3/t12-,14+,16+,19+,20-/m1/s1. The molecule has 0 radical (unpaired) electrons. The first-order valence-corrected chi connectivity index (χ1v) is 9.15. The van der Waals surface area contributed by atoms with E-state index in [0.717, 1.165) is 29.4 Å². The molecule has 22 heavy (non-hydrogen) atoms. The molecule has 0 saturated heterocycles. The maximum atomic E-state index is 12.3. The van der Waals surface area contributed by atoms with Crippen molar-refractivity contribution in [1.29, 1.82) is 0 Å². The van der Waals surface area contributed by atoms with E-state index < -0.39 is 0 Å². The van der Waals surface area contributed by atoms with Crippen LogP contribution < -0.4 is 0 Å². The number of ketones is 1. The highest BCUT2D eigenvalue weighted by Crippen LogP contribution is 2.76. The average Bonchev–Trinajstić information content (AvgIpc) is 2.55. The first-order chi connectivity index (χ1) is 10.3. The summed E-state index contributed by atoms with van der Waals surface area (Å²) in [5, 5.41) is 9.84. The number of hydrogen-bond acceptors (Lipinski definition) is 2. The zero-order valence-corrected chi connectivity index (χ0v) is 14.5. The maximum absolute atomic E-state index is 12.3.